The van der Waals surface area contributed by atoms with Crippen LogP contribution in [0.1, 0.15) is 58.3 Å². The first kappa shape index (κ1) is 25.2. The largest absolute Gasteiger partial charge is 0.393 e. The summed E-state index contributed by atoms with van der Waals surface area (Å²) in [5, 5.41) is 27.5. The van der Waals surface area contributed by atoms with E-state index in [1.54, 1.807) is 0 Å². The minimum atomic E-state index is -2.00. The molecule has 152 valence electrons. The molecule has 0 heterocycles. The number of aliphatic hydroxyl groups excluding tert-OH is 2. The van der Waals surface area contributed by atoms with E-state index in [2.05, 4.69) is 55.5 Å². The zero-order valence-electron chi connectivity index (χ0n) is 16.6. The van der Waals surface area contributed by atoms with Crippen LogP contribution in [0.2, 0.25) is 0 Å². The third-order valence-corrected chi connectivity index (χ3v) is 3.97. The van der Waals surface area contributed by atoms with E-state index in [9.17, 15) is 9.90 Å². The Morgan fingerprint density at radius 1 is 0.741 bits per heavy atom. The maximum absolute atomic E-state index is 11.7. The van der Waals surface area contributed by atoms with E-state index in [4.69, 9.17) is 10.2 Å². The molecule has 27 heavy (non-hydrogen) atoms. The SMILES string of the molecule is CC/C=C/C/C=C/C/C=C/C/C=C/C/C=C/CCCC(=O)C(O)(CO)CO. The lowest BCUT2D eigenvalue weighted by atomic mass is 9.96. The zero-order chi connectivity index (χ0) is 20.2. The third kappa shape index (κ3) is 14.0. The van der Waals surface area contributed by atoms with Crippen molar-refractivity contribution >= 4 is 5.78 Å². The van der Waals surface area contributed by atoms with Crippen LogP contribution in [-0.2, 0) is 4.79 Å². The van der Waals surface area contributed by atoms with Crippen molar-refractivity contribution in [2.24, 2.45) is 0 Å². The molecule has 0 rings (SSSR count). The first-order valence-electron chi connectivity index (χ1n) is 9.83. The Labute approximate surface area is 164 Å². The fraction of sp³-hybridized carbons (Fsp3) is 0.522. The van der Waals surface area contributed by atoms with Gasteiger partial charge in [0.05, 0.1) is 13.2 Å². The second-order valence-corrected chi connectivity index (χ2v) is 6.37. The lowest BCUT2D eigenvalue weighted by Crippen LogP contribution is -2.45. The highest BCUT2D eigenvalue weighted by atomic mass is 16.4. The van der Waals surface area contributed by atoms with Crippen molar-refractivity contribution in [3.8, 4) is 0 Å². The van der Waals surface area contributed by atoms with Crippen molar-refractivity contribution < 1.29 is 20.1 Å². The number of ketones is 1. The van der Waals surface area contributed by atoms with Crippen LogP contribution in [0.3, 0.4) is 0 Å². The van der Waals surface area contributed by atoms with Crippen LogP contribution in [0.5, 0.6) is 0 Å². The second kappa shape index (κ2) is 17.7. The van der Waals surface area contributed by atoms with E-state index in [1.165, 1.54) is 0 Å². The number of rotatable bonds is 16. The summed E-state index contributed by atoms with van der Waals surface area (Å²) in [7, 11) is 0. The van der Waals surface area contributed by atoms with Gasteiger partial charge in [0.1, 0.15) is 0 Å². The molecular formula is C23H36O4. The number of hydrogen-bond acceptors (Lipinski definition) is 4. The van der Waals surface area contributed by atoms with Crippen LogP contribution in [-0.4, -0.2) is 39.9 Å². The molecule has 0 saturated heterocycles. The predicted molar refractivity (Wildman–Crippen MR) is 112 cm³/mol. The molecule has 0 aliphatic carbocycles. The standard InChI is InChI=1S/C23H36O4/c1-2-3-4-5-6-7-8-9-10-11-12-13-14-15-16-17-18-19-22(26)23(27,20-24)21-25/h3-4,6-7,9-10,12-13,15-16,24-25,27H,2,5,8,11,14,17-21H2,1H3/b4-3+,7-6+,10-9+,13-12+,16-15+. The van der Waals surface area contributed by atoms with Crippen LogP contribution in [0, 0.1) is 0 Å². The average Bonchev–Trinajstić information content (AvgIpc) is 2.69. The van der Waals surface area contributed by atoms with Gasteiger partial charge in [-0.2, -0.15) is 0 Å². The highest BCUT2D eigenvalue weighted by Crippen LogP contribution is 2.10. The average molecular weight is 377 g/mol. The summed E-state index contributed by atoms with van der Waals surface area (Å²) in [6.45, 7) is 0.642. The molecule has 0 aromatic rings. The van der Waals surface area contributed by atoms with Gasteiger partial charge in [0.2, 0.25) is 0 Å². The van der Waals surface area contributed by atoms with Crippen molar-refractivity contribution in [2.75, 3.05) is 13.2 Å². The number of Topliss-reactive ketones (excluding diaryl/α,β-unsaturated/α-hetero) is 1. The molecular weight excluding hydrogens is 340 g/mol. The predicted octanol–water partition coefficient (Wildman–Crippen LogP) is 4.19. The Balaban J connectivity index is 3.70. The van der Waals surface area contributed by atoms with Gasteiger partial charge in [-0.15, -0.1) is 0 Å². The number of allylic oxidation sites excluding steroid dienone is 10. The molecule has 0 aliphatic heterocycles. The Morgan fingerprint density at radius 3 is 1.56 bits per heavy atom. The Kier molecular flexibility index (Phi) is 16.5. The van der Waals surface area contributed by atoms with Gasteiger partial charge in [0.25, 0.3) is 0 Å². The molecule has 0 radical (unpaired) electrons. The number of aliphatic hydroxyl groups is 3. The first-order chi connectivity index (χ1) is 13.1. The van der Waals surface area contributed by atoms with Crippen LogP contribution in [0.25, 0.3) is 0 Å². The molecule has 0 saturated carbocycles. The number of carbonyl (C=O) groups is 1. The molecule has 0 amide bonds. The van der Waals surface area contributed by atoms with Gasteiger partial charge in [-0.3, -0.25) is 4.79 Å². The van der Waals surface area contributed by atoms with Crippen LogP contribution in [0.4, 0.5) is 0 Å². The Morgan fingerprint density at radius 2 is 1.15 bits per heavy atom. The summed E-state index contributed by atoms with van der Waals surface area (Å²) in [5.41, 5.74) is -2.00. The molecule has 0 unspecified atom stereocenters. The molecule has 3 N–H and O–H groups in total. The Bertz CT molecular complexity index is 508. The smallest absolute Gasteiger partial charge is 0.169 e. The summed E-state index contributed by atoms with van der Waals surface area (Å²) in [4.78, 5) is 11.7. The lowest BCUT2D eigenvalue weighted by Gasteiger charge is -2.21. The summed E-state index contributed by atoms with van der Waals surface area (Å²) >= 11 is 0. The van der Waals surface area contributed by atoms with Crippen molar-refractivity contribution in [3.63, 3.8) is 0 Å². The van der Waals surface area contributed by atoms with E-state index in [0.717, 1.165) is 38.5 Å². The minimum Gasteiger partial charge on any atom is -0.393 e. The molecule has 4 heteroatoms. The van der Waals surface area contributed by atoms with E-state index >= 15 is 0 Å². The van der Waals surface area contributed by atoms with Crippen LogP contribution in [0.15, 0.2) is 60.8 Å². The third-order valence-electron chi connectivity index (χ3n) is 3.97. The van der Waals surface area contributed by atoms with Gasteiger partial charge in [-0.25, -0.2) is 0 Å². The number of unbranched alkanes of at least 4 members (excludes halogenated alkanes) is 1. The molecule has 0 aliphatic rings. The van der Waals surface area contributed by atoms with Crippen molar-refractivity contribution in [1.29, 1.82) is 0 Å². The summed E-state index contributed by atoms with van der Waals surface area (Å²) < 4.78 is 0. The summed E-state index contributed by atoms with van der Waals surface area (Å²) in [6.07, 6.45) is 27.6. The number of hydrogen-bond donors (Lipinski definition) is 3. The van der Waals surface area contributed by atoms with Crippen molar-refractivity contribution in [3.05, 3.63) is 60.8 Å². The maximum Gasteiger partial charge on any atom is 0.169 e. The molecule has 0 fully saturated rings. The second-order valence-electron chi connectivity index (χ2n) is 6.37. The molecule has 0 atom stereocenters. The van der Waals surface area contributed by atoms with Gasteiger partial charge in [-0.1, -0.05) is 67.7 Å². The highest BCUT2D eigenvalue weighted by Gasteiger charge is 2.33. The van der Waals surface area contributed by atoms with Crippen LogP contribution >= 0.6 is 0 Å². The molecule has 0 bridgehead atoms. The molecule has 0 spiro atoms. The minimum absolute atomic E-state index is 0.145. The van der Waals surface area contributed by atoms with E-state index in [0.29, 0.717) is 6.42 Å². The van der Waals surface area contributed by atoms with E-state index in [-0.39, 0.29) is 6.42 Å². The normalized spacial score (nSPS) is 13.3. The quantitative estimate of drug-likeness (QED) is 0.279. The van der Waals surface area contributed by atoms with Gasteiger partial charge < -0.3 is 15.3 Å². The van der Waals surface area contributed by atoms with Gasteiger partial charge >= 0.3 is 0 Å². The van der Waals surface area contributed by atoms with Crippen molar-refractivity contribution in [1.82, 2.24) is 0 Å². The topological polar surface area (TPSA) is 77.8 Å². The zero-order valence-corrected chi connectivity index (χ0v) is 16.6. The van der Waals surface area contributed by atoms with E-state index < -0.39 is 24.6 Å². The molecule has 4 nitrogen and oxygen atoms in total. The highest BCUT2D eigenvalue weighted by molar-refractivity contribution is 5.87. The molecule has 0 aromatic heterocycles. The fourth-order valence-corrected chi connectivity index (χ4v) is 2.21. The summed E-state index contributed by atoms with van der Waals surface area (Å²) in [5.74, 6) is -0.514. The fourth-order valence-electron chi connectivity index (χ4n) is 2.21. The molecule has 0 aromatic carbocycles. The lowest BCUT2D eigenvalue weighted by molar-refractivity contribution is -0.146. The Hall–Kier alpha value is -1.75. The van der Waals surface area contributed by atoms with Gasteiger partial charge in [0.15, 0.2) is 11.4 Å². The monoisotopic (exact) mass is 376 g/mol. The van der Waals surface area contributed by atoms with Gasteiger partial charge in [0, 0.05) is 6.42 Å². The summed E-state index contributed by atoms with van der Waals surface area (Å²) in [6, 6.07) is 0. The maximum atomic E-state index is 11.7. The van der Waals surface area contributed by atoms with Crippen molar-refractivity contribution in [2.45, 2.75) is 63.9 Å². The first-order valence-corrected chi connectivity index (χ1v) is 9.83. The van der Waals surface area contributed by atoms with E-state index in [1.807, 2.05) is 12.2 Å². The van der Waals surface area contributed by atoms with Gasteiger partial charge in [-0.05, 0) is 44.9 Å². The number of carbonyl (C=O) groups excluding carboxylic acids is 1. The van der Waals surface area contributed by atoms with Crippen LogP contribution < -0.4 is 0 Å².